The highest BCUT2D eigenvalue weighted by Gasteiger charge is 2.06. The van der Waals surface area contributed by atoms with Crippen LogP contribution in [0.1, 0.15) is 0 Å². The van der Waals surface area contributed by atoms with Crippen LogP contribution in [0, 0.1) is 0 Å². The van der Waals surface area contributed by atoms with Gasteiger partial charge >= 0.3 is 7.69 Å². The largest absolute Gasteiger partial charge is 0.658 e. The fourth-order valence-electron chi connectivity index (χ4n) is 1.37. The summed E-state index contributed by atoms with van der Waals surface area (Å²) in [6, 6.07) is 8.53. The van der Waals surface area contributed by atoms with Gasteiger partial charge < -0.3 is 19.5 Å². The van der Waals surface area contributed by atoms with Crippen LogP contribution in [0.5, 0.6) is 23.0 Å². The van der Waals surface area contributed by atoms with E-state index in [1.165, 1.54) is 36.4 Å². The molecule has 7 heteroatoms. The van der Waals surface area contributed by atoms with Gasteiger partial charge in [-0.3, -0.25) is 0 Å². The second-order valence-corrected chi connectivity index (χ2v) is 4.50. The van der Waals surface area contributed by atoms with Gasteiger partial charge in [0.1, 0.15) is 23.0 Å². The lowest BCUT2D eigenvalue weighted by atomic mass is 10.2. The van der Waals surface area contributed by atoms with E-state index in [0.717, 1.165) is 7.69 Å². The molecule has 4 nitrogen and oxygen atoms in total. The normalized spacial score (nSPS) is 10.0. The number of halogens is 2. The third kappa shape index (κ3) is 4.15. The van der Waals surface area contributed by atoms with Crippen LogP contribution in [0.25, 0.3) is 0 Å². The summed E-state index contributed by atoms with van der Waals surface area (Å²) in [5.74, 6) is 0.597. The zero-order valence-corrected chi connectivity index (χ0v) is 11.0. The Morgan fingerprint density at radius 1 is 0.737 bits per heavy atom. The Kier molecular flexibility index (Phi) is 4.29. The molecular weight excluding hydrogens is 290 g/mol. The van der Waals surface area contributed by atoms with Gasteiger partial charge in [-0.15, -0.1) is 0 Å². The molecule has 0 aliphatic heterocycles. The van der Waals surface area contributed by atoms with Gasteiger partial charge in [0.2, 0.25) is 0 Å². The number of aromatic hydroxyl groups is 2. The number of hydrogen-bond acceptors (Lipinski definition) is 4. The fraction of sp³-hybridized carbons (Fsp3) is 0. The van der Waals surface area contributed by atoms with E-state index in [9.17, 15) is 10.2 Å². The Hall–Kier alpha value is -1.72. The van der Waals surface area contributed by atoms with Crippen LogP contribution < -0.4 is 9.31 Å². The first-order valence-electron chi connectivity index (χ1n) is 5.17. The summed E-state index contributed by atoms with van der Waals surface area (Å²) >= 11 is 11.5. The van der Waals surface area contributed by atoms with Crippen LogP contribution in [0.15, 0.2) is 36.4 Å². The van der Waals surface area contributed by atoms with E-state index in [4.69, 9.17) is 32.5 Å². The SMILES string of the molecule is Oc1cc(Cl)cc(O[B]Oc2cc(O)cc(Cl)c2)c1. The predicted octanol–water partition coefficient (Wildman–Crippen LogP) is 3.40. The molecule has 0 aliphatic rings. The van der Waals surface area contributed by atoms with E-state index in [-0.39, 0.29) is 11.5 Å². The Bertz CT molecular complexity index is 500. The molecule has 0 aliphatic carbocycles. The summed E-state index contributed by atoms with van der Waals surface area (Å²) in [5, 5.41) is 19.3. The third-order valence-corrected chi connectivity index (χ3v) is 2.52. The van der Waals surface area contributed by atoms with Gasteiger partial charge in [-0.2, -0.15) is 0 Å². The smallest absolute Gasteiger partial charge is 0.526 e. The van der Waals surface area contributed by atoms with E-state index in [1.807, 2.05) is 0 Å². The second kappa shape index (κ2) is 5.95. The van der Waals surface area contributed by atoms with Crippen LogP contribution in [0.3, 0.4) is 0 Å². The minimum absolute atomic E-state index is 0.0173. The predicted molar refractivity (Wildman–Crippen MR) is 73.2 cm³/mol. The minimum Gasteiger partial charge on any atom is -0.526 e. The van der Waals surface area contributed by atoms with Gasteiger partial charge in [0.15, 0.2) is 0 Å². The fourth-order valence-corrected chi connectivity index (χ4v) is 1.81. The van der Waals surface area contributed by atoms with Gasteiger partial charge in [-0.25, -0.2) is 0 Å². The monoisotopic (exact) mass is 297 g/mol. The quantitative estimate of drug-likeness (QED) is 0.849. The van der Waals surface area contributed by atoms with Crippen molar-refractivity contribution in [1.29, 1.82) is 0 Å². The first-order chi connectivity index (χ1) is 9.02. The molecule has 0 saturated carbocycles. The summed E-state index contributed by atoms with van der Waals surface area (Å²) in [7, 11) is 1.04. The number of benzene rings is 2. The van der Waals surface area contributed by atoms with Crippen LogP contribution in [0.4, 0.5) is 0 Å². The third-order valence-electron chi connectivity index (χ3n) is 2.08. The Labute approximate surface area is 120 Å². The molecule has 0 unspecified atom stereocenters. The Balaban J connectivity index is 1.96. The maximum Gasteiger partial charge on any atom is 0.658 e. The van der Waals surface area contributed by atoms with Gasteiger partial charge in [-0.1, -0.05) is 23.2 Å². The molecule has 0 spiro atoms. The van der Waals surface area contributed by atoms with E-state index in [1.54, 1.807) is 0 Å². The average molecular weight is 298 g/mol. The van der Waals surface area contributed by atoms with E-state index < -0.39 is 0 Å². The first-order valence-corrected chi connectivity index (χ1v) is 5.92. The van der Waals surface area contributed by atoms with Crippen molar-refractivity contribution >= 4 is 30.9 Å². The minimum atomic E-state index is -0.0173. The summed E-state index contributed by atoms with van der Waals surface area (Å²) < 4.78 is 10.3. The number of phenolic OH excluding ortho intramolecular Hbond substituents is 2. The lowest BCUT2D eigenvalue weighted by molar-refractivity contribution is 0.442. The highest BCUT2D eigenvalue weighted by Crippen LogP contribution is 2.26. The van der Waals surface area contributed by atoms with Crippen LogP contribution in [-0.2, 0) is 0 Å². The van der Waals surface area contributed by atoms with Crippen molar-refractivity contribution in [2.24, 2.45) is 0 Å². The molecule has 0 bridgehead atoms. The van der Waals surface area contributed by atoms with Crippen molar-refractivity contribution in [2.45, 2.75) is 0 Å². The molecule has 2 aromatic carbocycles. The highest BCUT2D eigenvalue weighted by atomic mass is 35.5. The van der Waals surface area contributed by atoms with Crippen LogP contribution in [0.2, 0.25) is 10.0 Å². The molecule has 0 fully saturated rings. The summed E-state index contributed by atoms with van der Waals surface area (Å²) in [4.78, 5) is 0. The summed E-state index contributed by atoms with van der Waals surface area (Å²) in [5.41, 5.74) is 0. The van der Waals surface area contributed by atoms with Crippen molar-refractivity contribution in [3.8, 4) is 23.0 Å². The molecule has 0 saturated heterocycles. The molecular formula is C12H8BCl2O4. The number of rotatable bonds is 4. The van der Waals surface area contributed by atoms with Crippen LogP contribution in [-0.4, -0.2) is 17.9 Å². The molecule has 19 heavy (non-hydrogen) atoms. The lowest BCUT2D eigenvalue weighted by Gasteiger charge is -2.08. The average Bonchev–Trinajstić information content (AvgIpc) is 2.26. The van der Waals surface area contributed by atoms with Crippen molar-refractivity contribution in [2.75, 3.05) is 0 Å². The zero-order chi connectivity index (χ0) is 13.8. The number of hydrogen-bond donors (Lipinski definition) is 2. The lowest BCUT2D eigenvalue weighted by Crippen LogP contribution is -2.10. The van der Waals surface area contributed by atoms with Gasteiger partial charge in [0.05, 0.1) is 0 Å². The molecule has 0 atom stereocenters. The van der Waals surface area contributed by atoms with Crippen molar-refractivity contribution in [1.82, 2.24) is 0 Å². The van der Waals surface area contributed by atoms with Crippen molar-refractivity contribution < 1.29 is 19.5 Å². The molecule has 2 rings (SSSR count). The molecule has 1 radical (unpaired) electrons. The van der Waals surface area contributed by atoms with Gasteiger partial charge in [0, 0.05) is 22.2 Å². The summed E-state index contributed by atoms with van der Waals surface area (Å²) in [6.45, 7) is 0. The van der Waals surface area contributed by atoms with Crippen LogP contribution >= 0.6 is 23.2 Å². The second-order valence-electron chi connectivity index (χ2n) is 3.62. The first kappa shape index (κ1) is 13.7. The van der Waals surface area contributed by atoms with Crippen molar-refractivity contribution in [3.05, 3.63) is 46.4 Å². The zero-order valence-electron chi connectivity index (χ0n) is 9.51. The molecule has 97 valence electrons. The maximum atomic E-state index is 9.31. The van der Waals surface area contributed by atoms with Gasteiger partial charge in [-0.05, 0) is 24.3 Å². The van der Waals surface area contributed by atoms with Gasteiger partial charge in [0.25, 0.3) is 0 Å². The van der Waals surface area contributed by atoms with E-state index >= 15 is 0 Å². The van der Waals surface area contributed by atoms with E-state index in [0.29, 0.717) is 21.5 Å². The molecule has 0 amide bonds. The van der Waals surface area contributed by atoms with E-state index in [2.05, 4.69) is 0 Å². The topological polar surface area (TPSA) is 58.9 Å². The summed E-state index contributed by atoms with van der Waals surface area (Å²) in [6.07, 6.45) is 0. The Morgan fingerprint density at radius 3 is 1.53 bits per heavy atom. The molecule has 2 N–H and O–H groups in total. The molecule has 0 heterocycles. The molecule has 0 aromatic heterocycles. The molecule has 2 aromatic rings. The van der Waals surface area contributed by atoms with Crippen molar-refractivity contribution in [3.63, 3.8) is 0 Å². The standard InChI is InChI=1S/C12H8BCl2O4/c14-7-1-9(16)5-11(3-7)18-13-19-12-4-8(15)2-10(17)6-12/h1-6,16-17H. The maximum absolute atomic E-state index is 9.31. The number of phenols is 2. The Morgan fingerprint density at radius 2 is 1.16 bits per heavy atom. The highest BCUT2D eigenvalue weighted by molar-refractivity contribution is 6.31.